The van der Waals surface area contributed by atoms with Gasteiger partial charge in [-0.3, -0.25) is 9.59 Å². The molecule has 0 bridgehead atoms. The van der Waals surface area contributed by atoms with E-state index in [-0.39, 0.29) is 11.8 Å². The predicted molar refractivity (Wildman–Crippen MR) is 138 cm³/mol. The van der Waals surface area contributed by atoms with Crippen molar-refractivity contribution >= 4 is 17.7 Å². The maximum absolute atomic E-state index is 12.9. The van der Waals surface area contributed by atoms with E-state index >= 15 is 0 Å². The molecule has 0 aliphatic heterocycles. The fourth-order valence-electron chi connectivity index (χ4n) is 4.91. The first-order valence-electron chi connectivity index (χ1n) is 13.6. The Morgan fingerprint density at radius 2 is 1.12 bits per heavy atom. The zero-order valence-electron chi connectivity index (χ0n) is 22.5. The Morgan fingerprint density at radius 1 is 0.697 bits per heavy atom. The summed E-state index contributed by atoms with van der Waals surface area (Å²) in [5, 5.41) is 0. The van der Waals surface area contributed by atoms with Crippen LogP contribution in [0.5, 0.6) is 0 Å². The third-order valence-electron chi connectivity index (χ3n) is 7.01. The minimum Gasteiger partial charge on any atom is -0.387 e. The maximum Gasteiger partial charge on any atom is 0.382 e. The Hall–Kier alpha value is -1.45. The highest BCUT2D eigenvalue weighted by atomic mass is 16.6. The monoisotopic (exact) mass is 464 g/mol. The lowest BCUT2D eigenvalue weighted by atomic mass is 9.63. The molecule has 4 nitrogen and oxygen atoms in total. The standard InChI is InChI=1S/C29H52O4/c1-7-8-9-10-11-12-13-14-15-16-17-18-19-20-21-22-23-29(24(2)3,25(4)5)27(31)28(32)33-26(6)30/h14-15,24-25H,7-13,16-23H2,1-6H3/b15-14-. The van der Waals surface area contributed by atoms with Crippen LogP contribution in [0.3, 0.4) is 0 Å². The summed E-state index contributed by atoms with van der Waals surface area (Å²) in [6.45, 7) is 11.4. The van der Waals surface area contributed by atoms with Crippen LogP contribution in [0.4, 0.5) is 0 Å². The summed E-state index contributed by atoms with van der Waals surface area (Å²) >= 11 is 0. The van der Waals surface area contributed by atoms with Crippen LogP contribution in [0.25, 0.3) is 0 Å². The minimum absolute atomic E-state index is 0.00707. The number of carbonyl (C=O) groups is 3. The van der Waals surface area contributed by atoms with Crippen LogP contribution in [0.2, 0.25) is 0 Å². The Kier molecular flexibility index (Phi) is 18.1. The van der Waals surface area contributed by atoms with Crippen molar-refractivity contribution in [3.8, 4) is 0 Å². The lowest BCUT2D eigenvalue weighted by Gasteiger charge is -2.39. The van der Waals surface area contributed by atoms with Crippen molar-refractivity contribution in [2.45, 2.75) is 138 Å². The number of ketones is 1. The summed E-state index contributed by atoms with van der Waals surface area (Å²) < 4.78 is 4.62. The van der Waals surface area contributed by atoms with E-state index in [1.54, 1.807) is 0 Å². The smallest absolute Gasteiger partial charge is 0.382 e. The largest absolute Gasteiger partial charge is 0.387 e. The molecule has 0 saturated carbocycles. The molecule has 0 atom stereocenters. The van der Waals surface area contributed by atoms with Crippen molar-refractivity contribution in [2.24, 2.45) is 17.3 Å². The topological polar surface area (TPSA) is 60.4 Å². The molecule has 0 heterocycles. The molecule has 0 fully saturated rings. The van der Waals surface area contributed by atoms with Crippen LogP contribution >= 0.6 is 0 Å². The number of hydrogen-bond donors (Lipinski definition) is 0. The number of carbonyl (C=O) groups excluding carboxylic acids is 3. The molecular formula is C29H52O4. The lowest BCUT2D eigenvalue weighted by Crippen LogP contribution is -2.46. The zero-order chi connectivity index (χ0) is 25.1. The Labute approximate surface area is 204 Å². The molecule has 0 N–H and O–H groups in total. The normalized spacial score (nSPS) is 12.1. The van der Waals surface area contributed by atoms with Gasteiger partial charge in [0.2, 0.25) is 5.78 Å². The van der Waals surface area contributed by atoms with Crippen LogP contribution in [-0.2, 0) is 19.1 Å². The molecule has 0 saturated heterocycles. The number of unbranched alkanes of at least 4 members (excludes halogenated alkanes) is 12. The molecule has 0 unspecified atom stereocenters. The predicted octanol–water partition coefficient (Wildman–Crippen LogP) is 8.37. The van der Waals surface area contributed by atoms with Gasteiger partial charge in [0.25, 0.3) is 0 Å². The Morgan fingerprint density at radius 3 is 1.55 bits per heavy atom. The molecule has 4 heteroatoms. The van der Waals surface area contributed by atoms with E-state index in [1.807, 2.05) is 27.7 Å². The number of ether oxygens (including phenoxy) is 1. The lowest BCUT2D eigenvalue weighted by molar-refractivity contribution is -0.168. The fraction of sp³-hybridized carbons (Fsp3) is 0.828. The Balaban J connectivity index is 4.14. The van der Waals surface area contributed by atoms with Crippen LogP contribution in [0, 0.1) is 17.3 Å². The van der Waals surface area contributed by atoms with E-state index in [0.29, 0.717) is 6.42 Å². The van der Waals surface area contributed by atoms with Gasteiger partial charge >= 0.3 is 11.9 Å². The Bertz CT molecular complexity index is 566. The molecule has 0 aliphatic carbocycles. The molecule has 0 aromatic carbocycles. The second-order valence-corrected chi connectivity index (χ2v) is 10.2. The van der Waals surface area contributed by atoms with Crippen molar-refractivity contribution in [1.29, 1.82) is 0 Å². The highest BCUT2D eigenvalue weighted by Crippen LogP contribution is 2.42. The first-order chi connectivity index (χ1) is 15.7. The summed E-state index contributed by atoms with van der Waals surface area (Å²) in [5.41, 5.74) is -0.771. The van der Waals surface area contributed by atoms with E-state index < -0.39 is 23.1 Å². The summed E-state index contributed by atoms with van der Waals surface area (Å²) in [6, 6.07) is 0. The second-order valence-electron chi connectivity index (χ2n) is 10.2. The number of esters is 2. The van der Waals surface area contributed by atoms with Gasteiger partial charge in [-0.25, -0.2) is 4.79 Å². The molecule has 0 aromatic rings. The number of hydrogen-bond acceptors (Lipinski definition) is 4. The van der Waals surface area contributed by atoms with Gasteiger partial charge in [0.05, 0.1) is 0 Å². The van der Waals surface area contributed by atoms with Crippen molar-refractivity contribution in [2.75, 3.05) is 0 Å². The van der Waals surface area contributed by atoms with Crippen molar-refractivity contribution in [1.82, 2.24) is 0 Å². The summed E-state index contributed by atoms with van der Waals surface area (Å²) in [5.74, 6) is -2.27. The van der Waals surface area contributed by atoms with E-state index in [9.17, 15) is 14.4 Å². The van der Waals surface area contributed by atoms with Crippen LogP contribution < -0.4 is 0 Å². The van der Waals surface area contributed by atoms with E-state index in [0.717, 1.165) is 26.2 Å². The molecule has 0 amide bonds. The third kappa shape index (κ3) is 13.1. The summed E-state index contributed by atoms with van der Waals surface area (Å²) in [6.07, 6.45) is 22.7. The van der Waals surface area contributed by atoms with E-state index in [4.69, 9.17) is 0 Å². The molecule has 0 spiro atoms. The average Bonchev–Trinajstić information content (AvgIpc) is 2.74. The van der Waals surface area contributed by atoms with Gasteiger partial charge in [-0.1, -0.05) is 111 Å². The molecule has 0 radical (unpaired) electrons. The van der Waals surface area contributed by atoms with Gasteiger partial charge in [-0.2, -0.15) is 0 Å². The fourth-order valence-corrected chi connectivity index (χ4v) is 4.91. The van der Waals surface area contributed by atoms with Gasteiger partial charge in [-0.05, 0) is 43.9 Å². The van der Waals surface area contributed by atoms with Crippen LogP contribution in [-0.4, -0.2) is 17.7 Å². The van der Waals surface area contributed by atoms with Gasteiger partial charge in [0.1, 0.15) is 0 Å². The highest BCUT2D eigenvalue weighted by molar-refractivity contribution is 6.37. The van der Waals surface area contributed by atoms with Gasteiger partial charge < -0.3 is 4.74 Å². The van der Waals surface area contributed by atoms with Crippen molar-refractivity contribution in [3.63, 3.8) is 0 Å². The van der Waals surface area contributed by atoms with Gasteiger partial charge in [0, 0.05) is 12.3 Å². The van der Waals surface area contributed by atoms with Crippen molar-refractivity contribution < 1.29 is 19.1 Å². The first-order valence-corrected chi connectivity index (χ1v) is 13.6. The second kappa shape index (κ2) is 18.9. The molecule has 0 rings (SSSR count). The number of Topliss-reactive ketones (excluding diaryl/α,β-unsaturated/α-hetero) is 1. The molecular weight excluding hydrogens is 412 g/mol. The SMILES string of the molecule is CCCCCCCC/C=C\CCCCCCCCC(C(=O)C(=O)OC(C)=O)(C(C)C)C(C)C. The maximum atomic E-state index is 12.9. The molecule has 192 valence electrons. The van der Waals surface area contributed by atoms with Crippen molar-refractivity contribution in [3.05, 3.63) is 12.2 Å². The van der Waals surface area contributed by atoms with E-state index in [2.05, 4.69) is 23.8 Å². The summed E-state index contributed by atoms with van der Waals surface area (Å²) in [4.78, 5) is 36.3. The van der Waals surface area contributed by atoms with E-state index in [1.165, 1.54) is 70.6 Å². The van der Waals surface area contributed by atoms with Gasteiger partial charge in [0.15, 0.2) is 0 Å². The molecule has 33 heavy (non-hydrogen) atoms. The third-order valence-corrected chi connectivity index (χ3v) is 7.01. The highest BCUT2D eigenvalue weighted by Gasteiger charge is 2.47. The van der Waals surface area contributed by atoms with Crippen LogP contribution in [0.15, 0.2) is 12.2 Å². The minimum atomic E-state index is -1.01. The van der Waals surface area contributed by atoms with Gasteiger partial charge in [-0.15, -0.1) is 0 Å². The first kappa shape index (κ1) is 31.6. The molecule has 0 aliphatic rings. The average molecular weight is 465 g/mol. The van der Waals surface area contributed by atoms with Crippen LogP contribution in [0.1, 0.15) is 138 Å². The zero-order valence-corrected chi connectivity index (χ0v) is 22.5. The summed E-state index contributed by atoms with van der Waals surface area (Å²) in [7, 11) is 0. The quantitative estimate of drug-likeness (QED) is 0.0597. The number of rotatable bonds is 20. The number of allylic oxidation sites excluding steroid dienone is 2. The molecule has 0 aromatic heterocycles.